The molecule has 0 aromatic heterocycles. The Labute approximate surface area is 123 Å². The van der Waals surface area contributed by atoms with Gasteiger partial charge in [-0.05, 0) is 38.3 Å². The number of benzene rings is 1. The number of piperidine rings is 1. The molecule has 3 N–H and O–H groups in total. The molecular formula is C15H26ClN3. The number of para-hydroxylation sites is 2. The molecule has 108 valence electrons. The smallest absolute Gasteiger partial charge is 0.0962 e. The van der Waals surface area contributed by atoms with E-state index in [1.165, 1.54) is 49.9 Å². The summed E-state index contributed by atoms with van der Waals surface area (Å²) >= 11 is 0. The Balaban J connectivity index is 0.00000180. The molecule has 0 atom stereocenters. The zero-order valence-corrected chi connectivity index (χ0v) is 12.6. The number of nitrogens with two attached hydrogens (primary N) is 1. The van der Waals surface area contributed by atoms with Crippen LogP contribution in [0.4, 0.5) is 11.4 Å². The number of nitrogens with one attached hydrogen (secondary N) is 1. The molecule has 1 aromatic rings. The maximum absolute atomic E-state index is 5.94. The van der Waals surface area contributed by atoms with Gasteiger partial charge in [0, 0.05) is 0 Å². The average molecular weight is 284 g/mol. The summed E-state index contributed by atoms with van der Waals surface area (Å²) < 4.78 is 1.28. The third kappa shape index (κ3) is 4.29. The van der Waals surface area contributed by atoms with Crippen LogP contribution in [-0.4, -0.2) is 37.2 Å². The van der Waals surface area contributed by atoms with Crippen molar-refractivity contribution in [3.05, 3.63) is 24.3 Å². The van der Waals surface area contributed by atoms with Crippen molar-refractivity contribution in [2.45, 2.75) is 26.2 Å². The summed E-state index contributed by atoms with van der Waals surface area (Å²) in [6.07, 6.45) is 4.20. The maximum Gasteiger partial charge on any atom is 0.0962 e. The summed E-state index contributed by atoms with van der Waals surface area (Å²) in [6.45, 7) is 8.51. The van der Waals surface area contributed by atoms with Crippen molar-refractivity contribution in [1.29, 1.82) is 0 Å². The summed E-state index contributed by atoms with van der Waals surface area (Å²) in [5, 5.41) is 3.48. The SMILES string of the molecule is CC[N+]1(CCNc2ccccc2N)CCCCC1.[Cl-]. The normalized spacial score (nSPS) is 17.5. The van der Waals surface area contributed by atoms with Crippen molar-refractivity contribution < 1.29 is 16.9 Å². The van der Waals surface area contributed by atoms with Crippen molar-refractivity contribution in [1.82, 2.24) is 0 Å². The van der Waals surface area contributed by atoms with Crippen LogP contribution in [0.25, 0.3) is 0 Å². The van der Waals surface area contributed by atoms with Gasteiger partial charge >= 0.3 is 0 Å². The van der Waals surface area contributed by atoms with Gasteiger partial charge in [-0.3, -0.25) is 0 Å². The number of hydrogen-bond donors (Lipinski definition) is 2. The molecule has 0 unspecified atom stereocenters. The monoisotopic (exact) mass is 283 g/mol. The molecule has 0 bridgehead atoms. The zero-order chi connectivity index (χ0) is 12.8. The van der Waals surface area contributed by atoms with Gasteiger partial charge in [-0.2, -0.15) is 0 Å². The fourth-order valence-corrected chi connectivity index (χ4v) is 2.97. The highest BCUT2D eigenvalue weighted by atomic mass is 35.5. The van der Waals surface area contributed by atoms with Gasteiger partial charge in [0.2, 0.25) is 0 Å². The molecule has 1 heterocycles. The lowest BCUT2D eigenvalue weighted by molar-refractivity contribution is -0.929. The number of likely N-dealkylation sites (N-methyl/N-ethyl adjacent to an activating group) is 1. The van der Waals surface area contributed by atoms with E-state index in [4.69, 9.17) is 5.73 Å². The third-order valence-electron chi connectivity index (χ3n) is 4.30. The van der Waals surface area contributed by atoms with Crippen LogP contribution >= 0.6 is 0 Å². The van der Waals surface area contributed by atoms with Gasteiger partial charge in [0.25, 0.3) is 0 Å². The minimum absolute atomic E-state index is 0. The Kier molecular flexibility index (Phi) is 6.46. The standard InChI is InChI=1S/C15H26N3.ClH/c1-2-18(11-6-3-7-12-18)13-10-17-15-9-5-4-8-14(15)16;/h4-5,8-9,17H,2-3,6-7,10-13,16H2,1H3;1H/q+1;/p-1. The van der Waals surface area contributed by atoms with Crippen molar-refractivity contribution >= 4 is 11.4 Å². The molecule has 4 heteroatoms. The second-order valence-corrected chi connectivity index (χ2v) is 5.40. The van der Waals surface area contributed by atoms with Crippen molar-refractivity contribution in [3.63, 3.8) is 0 Å². The van der Waals surface area contributed by atoms with E-state index >= 15 is 0 Å². The molecule has 1 aliphatic heterocycles. The first-order chi connectivity index (χ1) is 8.76. The third-order valence-corrected chi connectivity index (χ3v) is 4.30. The summed E-state index contributed by atoms with van der Waals surface area (Å²) in [5.74, 6) is 0. The fraction of sp³-hybridized carbons (Fsp3) is 0.600. The Bertz CT molecular complexity index is 375. The van der Waals surface area contributed by atoms with Gasteiger partial charge in [0.15, 0.2) is 0 Å². The Morgan fingerprint density at radius 1 is 1.16 bits per heavy atom. The topological polar surface area (TPSA) is 38.0 Å². The van der Waals surface area contributed by atoms with Crippen LogP contribution in [0, 0.1) is 0 Å². The average Bonchev–Trinajstić information content (AvgIpc) is 2.42. The highest BCUT2D eigenvalue weighted by Gasteiger charge is 2.27. The largest absolute Gasteiger partial charge is 1.00 e. The second kappa shape index (κ2) is 7.61. The highest BCUT2D eigenvalue weighted by molar-refractivity contribution is 5.65. The molecule has 1 fully saturated rings. The molecule has 2 rings (SSSR count). The molecule has 0 radical (unpaired) electrons. The van der Waals surface area contributed by atoms with Gasteiger partial charge in [-0.1, -0.05) is 12.1 Å². The first kappa shape index (κ1) is 16.1. The second-order valence-electron chi connectivity index (χ2n) is 5.40. The number of hydrogen-bond acceptors (Lipinski definition) is 2. The van der Waals surface area contributed by atoms with E-state index in [1.807, 2.05) is 18.2 Å². The van der Waals surface area contributed by atoms with E-state index in [-0.39, 0.29) is 12.4 Å². The number of rotatable bonds is 5. The highest BCUT2D eigenvalue weighted by Crippen LogP contribution is 2.20. The number of quaternary nitrogens is 1. The molecule has 0 amide bonds. The minimum Gasteiger partial charge on any atom is -1.00 e. The molecule has 0 saturated carbocycles. The number of halogens is 1. The lowest BCUT2D eigenvalue weighted by Crippen LogP contribution is -3.00. The van der Waals surface area contributed by atoms with Crippen molar-refractivity contribution in [2.24, 2.45) is 0 Å². The lowest BCUT2D eigenvalue weighted by Gasteiger charge is -2.41. The molecule has 19 heavy (non-hydrogen) atoms. The summed E-state index contributed by atoms with van der Waals surface area (Å²) in [6, 6.07) is 8.02. The number of likely N-dealkylation sites (tertiary alicyclic amines) is 1. The van der Waals surface area contributed by atoms with E-state index in [0.717, 1.165) is 17.9 Å². The van der Waals surface area contributed by atoms with Crippen LogP contribution in [0.5, 0.6) is 0 Å². The first-order valence-electron chi connectivity index (χ1n) is 7.19. The summed E-state index contributed by atoms with van der Waals surface area (Å²) in [7, 11) is 0. The van der Waals surface area contributed by atoms with Crippen LogP contribution in [-0.2, 0) is 0 Å². The van der Waals surface area contributed by atoms with Crippen LogP contribution in [0.1, 0.15) is 26.2 Å². The van der Waals surface area contributed by atoms with Gasteiger partial charge < -0.3 is 27.9 Å². The molecule has 1 aromatic carbocycles. The molecule has 3 nitrogen and oxygen atoms in total. The van der Waals surface area contributed by atoms with Gasteiger partial charge in [-0.25, -0.2) is 0 Å². The quantitative estimate of drug-likeness (QED) is 0.576. The van der Waals surface area contributed by atoms with E-state index < -0.39 is 0 Å². The van der Waals surface area contributed by atoms with E-state index in [9.17, 15) is 0 Å². The molecule has 0 aliphatic carbocycles. The van der Waals surface area contributed by atoms with Crippen LogP contribution in [0.2, 0.25) is 0 Å². The molecular weight excluding hydrogens is 258 g/mol. The maximum atomic E-state index is 5.94. The first-order valence-corrected chi connectivity index (χ1v) is 7.19. The van der Waals surface area contributed by atoms with E-state index in [0.29, 0.717) is 0 Å². The van der Waals surface area contributed by atoms with Crippen molar-refractivity contribution in [2.75, 3.05) is 43.8 Å². The Hall–Kier alpha value is -0.930. The Morgan fingerprint density at radius 3 is 2.47 bits per heavy atom. The molecule has 1 saturated heterocycles. The molecule has 0 spiro atoms. The van der Waals surface area contributed by atoms with Crippen LogP contribution in [0.3, 0.4) is 0 Å². The van der Waals surface area contributed by atoms with Gasteiger partial charge in [-0.15, -0.1) is 0 Å². The van der Waals surface area contributed by atoms with Gasteiger partial charge in [0.1, 0.15) is 0 Å². The van der Waals surface area contributed by atoms with Crippen LogP contribution in [0.15, 0.2) is 24.3 Å². The summed E-state index contributed by atoms with van der Waals surface area (Å²) in [4.78, 5) is 0. The van der Waals surface area contributed by atoms with E-state index in [1.54, 1.807) is 0 Å². The minimum atomic E-state index is 0. The van der Waals surface area contributed by atoms with E-state index in [2.05, 4.69) is 18.3 Å². The predicted molar refractivity (Wildman–Crippen MR) is 78.6 cm³/mol. The zero-order valence-electron chi connectivity index (χ0n) is 11.9. The number of nitrogens with zero attached hydrogens (tertiary/aromatic N) is 1. The Morgan fingerprint density at radius 2 is 1.84 bits per heavy atom. The number of anilines is 2. The number of nitrogen functional groups attached to an aromatic ring is 1. The van der Waals surface area contributed by atoms with Crippen molar-refractivity contribution in [3.8, 4) is 0 Å². The molecule has 1 aliphatic rings. The fourth-order valence-electron chi connectivity index (χ4n) is 2.97. The summed E-state index contributed by atoms with van der Waals surface area (Å²) in [5.41, 5.74) is 7.86. The lowest BCUT2D eigenvalue weighted by atomic mass is 10.1. The van der Waals surface area contributed by atoms with Gasteiger partial charge in [0.05, 0.1) is 44.1 Å². The predicted octanol–water partition coefficient (Wildman–Crippen LogP) is -0.295. The van der Waals surface area contributed by atoms with Crippen LogP contribution < -0.4 is 23.5 Å².